The van der Waals surface area contributed by atoms with Gasteiger partial charge in [0.2, 0.25) is 0 Å². The number of carbonyl (C=O) groups is 2. The van der Waals surface area contributed by atoms with Gasteiger partial charge in [0.15, 0.2) is 0 Å². The van der Waals surface area contributed by atoms with Gasteiger partial charge in [-0.15, -0.1) is 0 Å². The summed E-state index contributed by atoms with van der Waals surface area (Å²) < 4.78 is 0. The highest BCUT2D eigenvalue weighted by atomic mass is 79.9. The highest BCUT2D eigenvalue weighted by Crippen LogP contribution is 2.33. The average Bonchev–Trinajstić information content (AvgIpc) is 2.63. The number of halogens is 1. The second kappa shape index (κ2) is 6.08. The maximum atomic E-state index is 12.2. The lowest BCUT2D eigenvalue weighted by molar-refractivity contribution is -0.114. The number of anilines is 1. The molecule has 108 valence electrons. The summed E-state index contributed by atoms with van der Waals surface area (Å²) in [6.07, 6.45) is 2.12. The third-order valence-corrected chi connectivity index (χ3v) is 4.69. The van der Waals surface area contributed by atoms with Crippen LogP contribution in [0.5, 0.6) is 0 Å². The summed E-state index contributed by atoms with van der Waals surface area (Å²) in [4.78, 5) is 26.1. The van der Waals surface area contributed by atoms with Crippen LogP contribution in [0.15, 0.2) is 12.1 Å². The number of rotatable bonds is 5. The van der Waals surface area contributed by atoms with Gasteiger partial charge in [0, 0.05) is 11.9 Å². The number of Topliss-reactive ketones (excluding diaryl/α,β-unsaturated/α-hetero) is 1. The summed E-state index contributed by atoms with van der Waals surface area (Å²) in [6.45, 7) is 6.63. The second-order valence-electron chi connectivity index (χ2n) is 5.53. The molecule has 2 rings (SSSR count). The molecule has 20 heavy (non-hydrogen) atoms. The van der Waals surface area contributed by atoms with Crippen molar-refractivity contribution in [1.29, 1.82) is 0 Å². The van der Waals surface area contributed by atoms with Crippen molar-refractivity contribution in [3.05, 3.63) is 28.8 Å². The SMILES string of the molecule is CCCC(CBr)CN1C(=O)C(=O)c2c(C)cc(C)cc21. The van der Waals surface area contributed by atoms with Crippen LogP contribution in [0.4, 0.5) is 5.69 Å². The van der Waals surface area contributed by atoms with Crippen molar-refractivity contribution in [1.82, 2.24) is 0 Å². The topological polar surface area (TPSA) is 37.4 Å². The number of aryl methyl sites for hydroxylation is 2. The zero-order valence-corrected chi connectivity index (χ0v) is 13.8. The van der Waals surface area contributed by atoms with Crippen molar-refractivity contribution in [3.8, 4) is 0 Å². The van der Waals surface area contributed by atoms with Gasteiger partial charge in [-0.3, -0.25) is 9.59 Å². The first-order valence-corrected chi connectivity index (χ1v) is 8.15. The van der Waals surface area contributed by atoms with E-state index in [0.29, 0.717) is 18.0 Å². The zero-order valence-electron chi connectivity index (χ0n) is 12.2. The van der Waals surface area contributed by atoms with Crippen molar-refractivity contribution in [2.24, 2.45) is 5.92 Å². The number of nitrogens with zero attached hydrogens (tertiary/aromatic N) is 1. The predicted molar refractivity (Wildman–Crippen MR) is 84.8 cm³/mol. The highest BCUT2D eigenvalue weighted by Gasteiger charge is 2.37. The summed E-state index contributed by atoms with van der Waals surface area (Å²) >= 11 is 3.51. The molecule has 1 heterocycles. The Kier molecular flexibility index (Phi) is 4.63. The molecule has 0 aromatic heterocycles. The number of carbonyl (C=O) groups excluding carboxylic acids is 2. The first-order chi connectivity index (χ1) is 9.49. The van der Waals surface area contributed by atoms with E-state index in [4.69, 9.17) is 0 Å². The lowest BCUT2D eigenvalue weighted by Crippen LogP contribution is -2.35. The van der Waals surface area contributed by atoms with Gasteiger partial charge < -0.3 is 4.90 Å². The molecule has 1 aromatic carbocycles. The summed E-state index contributed by atoms with van der Waals surface area (Å²) in [7, 11) is 0. The summed E-state index contributed by atoms with van der Waals surface area (Å²) in [5, 5.41) is 0.846. The van der Waals surface area contributed by atoms with Gasteiger partial charge in [-0.05, 0) is 43.4 Å². The molecule has 1 aliphatic heterocycles. The van der Waals surface area contributed by atoms with E-state index < -0.39 is 0 Å². The minimum atomic E-state index is -0.379. The number of amides is 1. The first kappa shape index (κ1) is 15.2. The van der Waals surface area contributed by atoms with Gasteiger partial charge in [0.1, 0.15) is 0 Å². The minimum Gasteiger partial charge on any atom is -0.304 e. The molecule has 1 aromatic rings. The van der Waals surface area contributed by atoms with E-state index in [-0.39, 0.29) is 11.7 Å². The van der Waals surface area contributed by atoms with E-state index in [1.54, 1.807) is 4.90 Å². The van der Waals surface area contributed by atoms with Crippen LogP contribution < -0.4 is 4.90 Å². The summed E-state index contributed by atoms with van der Waals surface area (Å²) in [5.74, 6) is -0.360. The molecule has 0 saturated heterocycles. The Morgan fingerprint density at radius 3 is 2.55 bits per heavy atom. The van der Waals surface area contributed by atoms with Gasteiger partial charge in [-0.1, -0.05) is 35.3 Å². The Labute approximate surface area is 128 Å². The molecule has 0 N–H and O–H groups in total. The molecule has 1 unspecified atom stereocenters. The zero-order chi connectivity index (χ0) is 14.9. The Morgan fingerprint density at radius 2 is 1.95 bits per heavy atom. The maximum Gasteiger partial charge on any atom is 0.299 e. The number of alkyl halides is 1. The number of benzene rings is 1. The van der Waals surface area contributed by atoms with E-state index in [9.17, 15) is 9.59 Å². The van der Waals surface area contributed by atoms with Crippen molar-refractivity contribution >= 4 is 33.3 Å². The molecule has 0 spiro atoms. The molecular formula is C16H20BrNO2. The van der Waals surface area contributed by atoms with E-state index in [0.717, 1.165) is 35.0 Å². The third-order valence-electron chi connectivity index (χ3n) is 3.77. The summed E-state index contributed by atoms with van der Waals surface area (Å²) in [5.41, 5.74) is 3.36. The van der Waals surface area contributed by atoms with Crippen LogP contribution in [-0.4, -0.2) is 23.6 Å². The van der Waals surface area contributed by atoms with Gasteiger partial charge in [0.25, 0.3) is 11.7 Å². The Bertz CT molecular complexity index is 554. The maximum absolute atomic E-state index is 12.2. The number of hydrogen-bond donors (Lipinski definition) is 0. The van der Waals surface area contributed by atoms with Gasteiger partial charge in [-0.2, -0.15) is 0 Å². The molecule has 1 aliphatic rings. The fourth-order valence-electron chi connectivity index (χ4n) is 2.86. The highest BCUT2D eigenvalue weighted by molar-refractivity contribution is 9.09. The van der Waals surface area contributed by atoms with Crippen LogP contribution in [-0.2, 0) is 4.79 Å². The molecule has 1 amide bonds. The number of ketones is 1. The molecular weight excluding hydrogens is 318 g/mol. The van der Waals surface area contributed by atoms with Crippen LogP contribution in [0.3, 0.4) is 0 Å². The Morgan fingerprint density at radius 1 is 1.25 bits per heavy atom. The van der Waals surface area contributed by atoms with E-state index in [1.165, 1.54) is 0 Å². The molecule has 3 nitrogen and oxygen atoms in total. The van der Waals surface area contributed by atoms with E-state index in [2.05, 4.69) is 22.9 Å². The van der Waals surface area contributed by atoms with Crippen LogP contribution in [0.2, 0.25) is 0 Å². The van der Waals surface area contributed by atoms with E-state index >= 15 is 0 Å². The van der Waals surface area contributed by atoms with Crippen LogP contribution in [0, 0.1) is 19.8 Å². The Hall–Kier alpha value is -1.16. The Balaban J connectivity index is 2.37. The van der Waals surface area contributed by atoms with Crippen molar-refractivity contribution < 1.29 is 9.59 Å². The average molecular weight is 338 g/mol. The second-order valence-corrected chi connectivity index (χ2v) is 6.18. The van der Waals surface area contributed by atoms with Crippen LogP contribution in [0.25, 0.3) is 0 Å². The minimum absolute atomic E-state index is 0.359. The van der Waals surface area contributed by atoms with Gasteiger partial charge in [-0.25, -0.2) is 0 Å². The quantitative estimate of drug-likeness (QED) is 0.607. The third kappa shape index (κ3) is 2.66. The lowest BCUT2D eigenvalue weighted by Gasteiger charge is -2.22. The monoisotopic (exact) mass is 337 g/mol. The molecule has 0 aliphatic carbocycles. The van der Waals surface area contributed by atoms with E-state index in [1.807, 2.05) is 26.0 Å². The normalized spacial score (nSPS) is 15.7. The molecule has 0 bridgehead atoms. The lowest BCUT2D eigenvalue weighted by atomic mass is 10.0. The smallest absolute Gasteiger partial charge is 0.299 e. The summed E-state index contributed by atoms with van der Waals surface area (Å²) in [6, 6.07) is 3.91. The van der Waals surface area contributed by atoms with Crippen LogP contribution in [0.1, 0.15) is 41.3 Å². The van der Waals surface area contributed by atoms with Crippen molar-refractivity contribution in [2.75, 3.05) is 16.8 Å². The standard InChI is InChI=1S/C16H20BrNO2/c1-4-5-12(8-17)9-18-13-7-10(2)6-11(3)14(13)15(19)16(18)20/h6-7,12H,4-5,8-9H2,1-3H3. The van der Waals surface area contributed by atoms with Gasteiger partial charge >= 0.3 is 0 Å². The molecule has 1 atom stereocenters. The first-order valence-electron chi connectivity index (χ1n) is 7.03. The number of hydrogen-bond acceptors (Lipinski definition) is 2. The van der Waals surface area contributed by atoms with Crippen LogP contribution >= 0.6 is 15.9 Å². The fourth-order valence-corrected chi connectivity index (χ4v) is 3.39. The molecule has 4 heteroatoms. The molecule has 0 fully saturated rings. The molecule has 0 saturated carbocycles. The number of fused-ring (bicyclic) bond motifs is 1. The van der Waals surface area contributed by atoms with Gasteiger partial charge in [0.05, 0.1) is 11.3 Å². The molecule has 0 radical (unpaired) electrons. The predicted octanol–water partition coefficient (Wildman–Crippen LogP) is 3.64. The fraction of sp³-hybridized carbons (Fsp3) is 0.500. The largest absolute Gasteiger partial charge is 0.304 e. The van der Waals surface area contributed by atoms with Crippen molar-refractivity contribution in [2.45, 2.75) is 33.6 Å². The van der Waals surface area contributed by atoms with Crippen molar-refractivity contribution in [3.63, 3.8) is 0 Å².